The van der Waals surface area contributed by atoms with Gasteiger partial charge in [-0.2, -0.15) is 0 Å². The molecular formula is C14H23N3O3. The van der Waals surface area contributed by atoms with Crippen LogP contribution in [0.5, 0.6) is 0 Å². The van der Waals surface area contributed by atoms with Gasteiger partial charge in [0.25, 0.3) is 0 Å². The third-order valence-electron chi connectivity index (χ3n) is 3.58. The summed E-state index contributed by atoms with van der Waals surface area (Å²) in [6.45, 7) is 6.98. The van der Waals surface area contributed by atoms with Crippen molar-refractivity contribution in [1.29, 1.82) is 0 Å². The van der Waals surface area contributed by atoms with Crippen LogP contribution in [0.3, 0.4) is 0 Å². The molecule has 0 aliphatic carbocycles. The fourth-order valence-corrected chi connectivity index (χ4v) is 2.31. The van der Waals surface area contributed by atoms with Crippen molar-refractivity contribution in [3.05, 3.63) is 23.7 Å². The van der Waals surface area contributed by atoms with E-state index in [1.165, 1.54) is 6.07 Å². The first kappa shape index (κ1) is 15.0. The van der Waals surface area contributed by atoms with Crippen LogP contribution in [0.25, 0.3) is 0 Å². The lowest BCUT2D eigenvalue weighted by Crippen LogP contribution is -2.47. The zero-order chi connectivity index (χ0) is 14.5. The van der Waals surface area contributed by atoms with Gasteiger partial charge < -0.3 is 14.4 Å². The third kappa shape index (κ3) is 4.33. The van der Waals surface area contributed by atoms with Gasteiger partial charge >= 0.3 is 5.97 Å². The van der Waals surface area contributed by atoms with Gasteiger partial charge in [0, 0.05) is 39.3 Å². The fourth-order valence-electron chi connectivity index (χ4n) is 2.31. The second kappa shape index (κ2) is 6.88. The van der Waals surface area contributed by atoms with E-state index in [0.29, 0.717) is 6.54 Å². The highest BCUT2D eigenvalue weighted by molar-refractivity contribution is 5.84. The van der Waals surface area contributed by atoms with Crippen molar-refractivity contribution in [2.45, 2.75) is 6.54 Å². The molecule has 1 aliphatic heterocycles. The highest BCUT2D eigenvalue weighted by Gasteiger charge is 2.18. The van der Waals surface area contributed by atoms with E-state index in [1.807, 2.05) is 0 Å². The maximum Gasteiger partial charge on any atom is 0.371 e. The standard InChI is InChI=1S/C14H23N3O3/c1-15(2)5-6-16-7-9-17(10-8-16)11-12-3-4-13(20-12)14(18)19/h3-4H,5-11H2,1-2H3,(H,18,19). The van der Waals surface area contributed by atoms with Crippen molar-refractivity contribution < 1.29 is 14.3 Å². The molecule has 0 unspecified atom stereocenters. The predicted octanol–water partition coefficient (Wildman–Crippen LogP) is 0.657. The van der Waals surface area contributed by atoms with Gasteiger partial charge in [-0.15, -0.1) is 0 Å². The van der Waals surface area contributed by atoms with Crippen molar-refractivity contribution in [2.75, 3.05) is 53.4 Å². The summed E-state index contributed by atoms with van der Waals surface area (Å²) in [6, 6.07) is 3.27. The highest BCUT2D eigenvalue weighted by Crippen LogP contribution is 2.12. The second-order valence-corrected chi connectivity index (χ2v) is 5.49. The van der Waals surface area contributed by atoms with Crippen molar-refractivity contribution >= 4 is 5.97 Å². The summed E-state index contributed by atoms with van der Waals surface area (Å²) in [7, 11) is 4.18. The summed E-state index contributed by atoms with van der Waals surface area (Å²) in [6.07, 6.45) is 0. The van der Waals surface area contributed by atoms with E-state index in [2.05, 4.69) is 28.8 Å². The molecule has 0 aromatic carbocycles. The number of furan rings is 1. The average molecular weight is 281 g/mol. The molecule has 6 heteroatoms. The van der Waals surface area contributed by atoms with Crippen LogP contribution in [0, 0.1) is 0 Å². The first-order valence-electron chi connectivity index (χ1n) is 6.96. The molecule has 0 radical (unpaired) electrons. The Balaban J connectivity index is 1.75. The van der Waals surface area contributed by atoms with E-state index in [1.54, 1.807) is 6.07 Å². The number of likely N-dealkylation sites (N-methyl/N-ethyl adjacent to an activating group) is 1. The van der Waals surface area contributed by atoms with Crippen LogP contribution in [0.1, 0.15) is 16.3 Å². The van der Waals surface area contributed by atoms with Gasteiger partial charge in [-0.25, -0.2) is 4.79 Å². The van der Waals surface area contributed by atoms with Gasteiger partial charge in [-0.1, -0.05) is 0 Å². The Morgan fingerprint density at radius 2 is 1.90 bits per heavy atom. The molecule has 20 heavy (non-hydrogen) atoms. The Morgan fingerprint density at radius 1 is 1.25 bits per heavy atom. The lowest BCUT2D eigenvalue weighted by Gasteiger charge is -2.34. The number of carboxylic acid groups (broad SMARTS) is 1. The van der Waals surface area contributed by atoms with Crippen molar-refractivity contribution in [1.82, 2.24) is 14.7 Å². The minimum absolute atomic E-state index is 0.0182. The molecule has 112 valence electrons. The van der Waals surface area contributed by atoms with E-state index in [-0.39, 0.29) is 5.76 Å². The molecule has 1 aliphatic rings. The first-order valence-corrected chi connectivity index (χ1v) is 6.96. The molecule has 1 N–H and O–H groups in total. The summed E-state index contributed by atoms with van der Waals surface area (Å²) >= 11 is 0. The molecular weight excluding hydrogens is 258 g/mol. The fraction of sp³-hybridized carbons (Fsp3) is 0.643. The van der Waals surface area contributed by atoms with Gasteiger partial charge in [0.15, 0.2) is 0 Å². The van der Waals surface area contributed by atoms with Gasteiger partial charge in [-0.05, 0) is 26.2 Å². The van der Waals surface area contributed by atoms with Gasteiger partial charge in [0.1, 0.15) is 5.76 Å². The monoisotopic (exact) mass is 281 g/mol. The highest BCUT2D eigenvalue weighted by atomic mass is 16.4. The molecule has 6 nitrogen and oxygen atoms in total. The first-order chi connectivity index (χ1) is 9.54. The average Bonchev–Trinajstić information content (AvgIpc) is 2.86. The van der Waals surface area contributed by atoms with Crippen LogP contribution in [-0.2, 0) is 6.54 Å². The number of carboxylic acids is 1. The third-order valence-corrected chi connectivity index (χ3v) is 3.58. The SMILES string of the molecule is CN(C)CCN1CCN(Cc2ccc(C(=O)O)o2)CC1. The topological polar surface area (TPSA) is 60.2 Å². The van der Waals surface area contributed by atoms with Gasteiger partial charge in [-0.3, -0.25) is 9.80 Å². The van der Waals surface area contributed by atoms with Crippen LogP contribution in [0.15, 0.2) is 16.5 Å². The smallest absolute Gasteiger partial charge is 0.371 e. The minimum atomic E-state index is -1.01. The molecule has 1 saturated heterocycles. The number of hydrogen-bond acceptors (Lipinski definition) is 5. The predicted molar refractivity (Wildman–Crippen MR) is 75.9 cm³/mol. The Labute approximate surface area is 119 Å². The normalized spacial score (nSPS) is 17.8. The number of hydrogen-bond donors (Lipinski definition) is 1. The van der Waals surface area contributed by atoms with Crippen LogP contribution in [-0.4, -0.2) is 79.1 Å². The Morgan fingerprint density at radius 3 is 2.45 bits per heavy atom. The lowest BCUT2D eigenvalue weighted by molar-refractivity contribution is 0.0655. The summed E-state index contributed by atoms with van der Waals surface area (Å²) in [5, 5.41) is 8.82. The zero-order valence-electron chi connectivity index (χ0n) is 12.2. The van der Waals surface area contributed by atoms with Crippen LogP contribution in [0.4, 0.5) is 0 Å². The van der Waals surface area contributed by atoms with Crippen LogP contribution < -0.4 is 0 Å². The van der Waals surface area contributed by atoms with Crippen molar-refractivity contribution in [2.24, 2.45) is 0 Å². The molecule has 0 bridgehead atoms. The van der Waals surface area contributed by atoms with Gasteiger partial charge in [0.2, 0.25) is 5.76 Å². The quantitative estimate of drug-likeness (QED) is 0.826. The second-order valence-electron chi connectivity index (χ2n) is 5.49. The number of piperazine rings is 1. The maximum atomic E-state index is 10.8. The molecule has 0 atom stereocenters. The molecule has 0 spiro atoms. The van der Waals surface area contributed by atoms with Crippen LogP contribution in [0.2, 0.25) is 0 Å². The molecule has 2 heterocycles. The maximum absolute atomic E-state index is 10.8. The zero-order valence-corrected chi connectivity index (χ0v) is 12.2. The Kier molecular flexibility index (Phi) is 5.17. The number of rotatable bonds is 6. The molecule has 0 amide bonds. The van der Waals surface area contributed by atoms with E-state index in [4.69, 9.17) is 9.52 Å². The number of nitrogens with zero attached hydrogens (tertiary/aromatic N) is 3. The summed E-state index contributed by atoms with van der Waals surface area (Å²) < 4.78 is 5.29. The molecule has 0 saturated carbocycles. The van der Waals surface area contributed by atoms with E-state index < -0.39 is 5.97 Å². The molecule has 1 aromatic rings. The number of carbonyl (C=O) groups is 1. The largest absolute Gasteiger partial charge is 0.475 e. The summed E-state index contributed by atoms with van der Waals surface area (Å²) in [5.74, 6) is -0.265. The van der Waals surface area contributed by atoms with E-state index in [9.17, 15) is 4.79 Å². The van der Waals surface area contributed by atoms with E-state index in [0.717, 1.165) is 45.0 Å². The molecule has 2 rings (SSSR count). The molecule has 1 aromatic heterocycles. The summed E-state index contributed by atoms with van der Waals surface area (Å²) in [5.41, 5.74) is 0. The lowest BCUT2D eigenvalue weighted by atomic mass is 10.3. The van der Waals surface area contributed by atoms with Crippen molar-refractivity contribution in [3.63, 3.8) is 0 Å². The molecule has 1 fully saturated rings. The minimum Gasteiger partial charge on any atom is -0.475 e. The Hall–Kier alpha value is -1.37. The van der Waals surface area contributed by atoms with E-state index >= 15 is 0 Å². The van der Waals surface area contributed by atoms with Crippen LogP contribution >= 0.6 is 0 Å². The van der Waals surface area contributed by atoms with Crippen molar-refractivity contribution in [3.8, 4) is 0 Å². The Bertz CT molecular complexity index is 437. The van der Waals surface area contributed by atoms with Gasteiger partial charge in [0.05, 0.1) is 6.54 Å². The number of aromatic carboxylic acids is 1. The summed E-state index contributed by atoms with van der Waals surface area (Å²) in [4.78, 5) is 17.7.